The van der Waals surface area contributed by atoms with E-state index in [-0.39, 0.29) is 24.0 Å². The number of ether oxygens (including phenoxy) is 1. The topological polar surface area (TPSA) is 44.8 Å². The van der Waals surface area contributed by atoms with Crippen LogP contribution >= 0.6 is 0 Å². The standard InChI is InChI=1S/C19H28FN3O2/c1-22-10-8-16(9-11-22)23(14-15-5-2-3-7-18(15)20)19(24)21-13-17-6-4-12-25-17/h2-3,5,7,16-17H,4,6,8-14H2,1H3,(H,21,24)/t17-/m0/s1. The number of hydrogen-bond donors (Lipinski definition) is 1. The molecule has 0 radical (unpaired) electrons. The highest BCUT2D eigenvalue weighted by molar-refractivity contribution is 5.74. The zero-order chi connectivity index (χ0) is 17.6. The summed E-state index contributed by atoms with van der Waals surface area (Å²) in [6.45, 7) is 3.51. The second-order valence-electron chi connectivity index (χ2n) is 7.07. The Kier molecular flexibility index (Phi) is 6.26. The van der Waals surface area contributed by atoms with Gasteiger partial charge in [0.05, 0.1) is 12.6 Å². The smallest absolute Gasteiger partial charge is 0.318 e. The van der Waals surface area contributed by atoms with E-state index in [4.69, 9.17) is 4.74 Å². The summed E-state index contributed by atoms with van der Waals surface area (Å²) in [7, 11) is 2.09. The number of piperidine rings is 1. The molecule has 2 aliphatic rings. The van der Waals surface area contributed by atoms with Crippen molar-refractivity contribution < 1.29 is 13.9 Å². The number of halogens is 1. The highest BCUT2D eigenvalue weighted by atomic mass is 19.1. The molecule has 2 heterocycles. The molecule has 1 aromatic rings. The van der Waals surface area contributed by atoms with Crippen molar-refractivity contribution in [2.45, 2.75) is 44.4 Å². The maximum atomic E-state index is 14.1. The summed E-state index contributed by atoms with van der Waals surface area (Å²) >= 11 is 0. The molecule has 0 saturated carbocycles. The quantitative estimate of drug-likeness (QED) is 0.889. The Morgan fingerprint density at radius 2 is 2.08 bits per heavy atom. The van der Waals surface area contributed by atoms with Gasteiger partial charge in [-0.3, -0.25) is 0 Å². The summed E-state index contributed by atoms with van der Waals surface area (Å²) in [6.07, 6.45) is 3.98. The van der Waals surface area contributed by atoms with Gasteiger partial charge < -0.3 is 19.9 Å². The molecule has 0 spiro atoms. The minimum atomic E-state index is -0.257. The van der Waals surface area contributed by atoms with Crippen LogP contribution in [-0.2, 0) is 11.3 Å². The molecule has 1 atom stereocenters. The van der Waals surface area contributed by atoms with Crippen LogP contribution in [-0.4, -0.2) is 61.3 Å². The van der Waals surface area contributed by atoms with Crippen molar-refractivity contribution in [3.63, 3.8) is 0 Å². The molecular weight excluding hydrogens is 321 g/mol. The number of nitrogens with zero attached hydrogens (tertiary/aromatic N) is 2. The van der Waals surface area contributed by atoms with Gasteiger partial charge in [0.15, 0.2) is 0 Å². The molecule has 2 amide bonds. The fraction of sp³-hybridized carbons (Fsp3) is 0.632. The second-order valence-corrected chi connectivity index (χ2v) is 7.07. The molecule has 2 aliphatic heterocycles. The molecule has 2 saturated heterocycles. The second kappa shape index (κ2) is 8.63. The number of urea groups is 1. The Balaban J connectivity index is 1.66. The summed E-state index contributed by atoms with van der Waals surface area (Å²) in [5, 5.41) is 3.00. The van der Waals surface area contributed by atoms with Crippen LogP contribution in [0.4, 0.5) is 9.18 Å². The predicted octanol–water partition coefficient (Wildman–Crippen LogP) is 2.61. The summed E-state index contributed by atoms with van der Waals surface area (Å²) in [6, 6.07) is 6.72. The van der Waals surface area contributed by atoms with Gasteiger partial charge in [0.25, 0.3) is 0 Å². The van der Waals surface area contributed by atoms with Crippen molar-refractivity contribution in [2.75, 3.05) is 33.3 Å². The third-order valence-electron chi connectivity index (χ3n) is 5.19. The van der Waals surface area contributed by atoms with Gasteiger partial charge in [0, 0.05) is 24.8 Å². The van der Waals surface area contributed by atoms with Crippen LogP contribution in [0.25, 0.3) is 0 Å². The zero-order valence-electron chi connectivity index (χ0n) is 14.9. The summed E-state index contributed by atoms with van der Waals surface area (Å²) in [4.78, 5) is 16.9. The number of hydrogen-bond acceptors (Lipinski definition) is 3. The molecule has 1 N–H and O–H groups in total. The van der Waals surface area contributed by atoms with E-state index >= 15 is 0 Å². The van der Waals surface area contributed by atoms with E-state index in [1.165, 1.54) is 6.07 Å². The number of amides is 2. The van der Waals surface area contributed by atoms with Crippen LogP contribution in [0.5, 0.6) is 0 Å². The fourth-order valence-electron chi connectivity index (χ4n) is 3.59. The highest BCUT2D eigenvalue weighted by Gasteiger charge is 2.28. The third-order valence-corrected chi connectivity index (χ3v) is 5.19. The van der Waals surface area contributed by atoms with Gasteiger partial charge in [-0.15, -0.1) is 0 Å². The first-order valence-corrected chi connectivity index (χ1v) is 9.21. The maximum absolute atomic E-state index is 14.1. The molecule has 0 aromatic heterocycles. The van der Waals surface area contributed by atoms with E-state index in [1.807, 2.05) is 6.07 Å². The van der Waals surface area contributed by atoms with Crippen LogP contribution in [0.1, 0.15) is 31.2 Å². The van der Waals surface area contributed by atoms with E-state index in [1.54, 1.807) is 17.0 Å². The van der Waals surface area contributed by atoms with Gasteiger partial charge in [0.2, 0.25) is 0 Å². The van der Waals surface area contributed by atoms with Crippen LogP contribution < -0.4 is 5.32 Å². The van der Waals surface area contributed by atoms with Crippen LogP contribution in [0.2, 0.25) is 0 Å². The molecule has 0 aliphatic carbocycles. The fourth-order valence-corrected chi connectivity index (χ4v) is 3.59. The lowest BCUT2D eigenvalue weighted by molar-refractivity contribution is 0.101. The Morgan fingerprint density at radius 1 is 1.32 bits per heavy atom. The van der Waals surface area contributed by atoms with Gasteiger partial charge in [-0.1, -0.05) is 18.2 Å². The normalized spacial score (nSPS) is 22.1. The maximum Gasteiger partial charge on any atom is 0.318 e. The first-order valence-electron chi connectivity index (χ1n) is 9.21. The number of benzene rings is 1. The van der Waals surface area contributed by atoms with Gasteiger partial charge in [-0.25, -0.2) is 9.18 Å². The lowest BCUT2D eigenvalue weighted by Gasteiger charge is -2.37. The Labute approximate surface area is 149 Å². The number of carbonyl (C=O) groups is 1. The molecule has 3 rings (SSSR count). The van der Waals surface area contributed by atoms with Gasteiger partial charge >= 0.3 is 6.03 Å². The van der Waals surface area contributed by atoms with Crippen molar-refractivity contribution in [3.8, 4) is 0 Å². The van der Waals surface area contributed by atoms with E-state index in [0.717, 1.165) is 45.4 Å². The average molecular weight is 349 g/mol. The van der Waals surface area contributed by atoms with Crippen molar-refractivity contribution in [1.29, 1.82) is 0 Å². The van der Waals surface area contributed by atoms with E-state index < -0.39 is 0 Å². The first-order chi connectivity index (χ1) is 12.1. The largest absolute Gasteiger partial charge is 0.376 e. The molecule has 138 valence electrons. The highest BCUT2D eigenvalue weighted by Crippen LogP contribution is 2.20. The van der Waals surface area contributed by atoms with E-state index in [0.29, 0.717) is 18.7 Å². The zero-order valence-corrected chi connectivity index (χ0v) is 14.9. The van der Waals surface area contributed by atoms with Crippen molar-refractivity contribution in [3.05, 3.63) is 35.6 Å². The summed E-state index contributed by atoms with van der Waals surface area (Å²) in [5.74, 6) is -0.257. The number of nitrogens with one attached hydrogen (secondary N) is 1. The van der Waals surface area contributed by atoms with Crippen LogP contribution in [0.15, 0.2) is 24.3 Å². The van der Waals surface area contributed by atoms with Crippen molar-refractivity contribution in [1.82, 2.24) is 15.1 Å². The SMILES string of the molecule is CN1CCC(N(Cc2ccccc2F)C(=O)NC[C@@H]2CCCO2)CC1. The molecule has 6 heteroatoms. The van der Waals surface area contributed by atoms with Crippen molar-refractivity contribution in [2.24, 2.45) is 0 Å². The average Bonchev–Trinajstić information content (AvgIpc) is 3.13. The lowest BCUT2D eigenvalue weighted by atomic mass is 10.0. The molecule has 2 fully saturated rings. The molecule has 1 aromatic carbocycles. The predicted molar refractivity (Wildman–Crippen MR) is 94.8 cm³/mol. The molecule has 25 heavy (non-hydrogen) atoms. The monoisotopic (exact) mass is 349 g/mol. The minimum Gasteiger partial charge on any atom is -0.376 e. The lowest BCUT2D eigenvalue weighted by Crippen LogP contribution is -2.50. The number of rotatable bonds is 5. The minimum absolute atomic E-state index is 0.108. The van der Waals surface area contributed by atoms with Crippen LogP contribution in [0.3, 0.4) is 0 Å². The number of carbonyl (C=O) groups excluding carboxylic acids is 1. The van der Waals surface area contributed by atoms with Gasteiger partial charge in [-0.05, 0) is 51.9 Å². The van der Waals surface area contributed by atoms with Gasteiger partial charge in [0.1, 0.15) is 5.82 Å². The summed E-state index contributed by atoms with van der Waals surface area (Å²) in [5.41, 5.74) is 0.564. The van der Waals surface area contributed by atoms with Crippen LogP contribution in [0, 0.1) is 5.82 Å². The first kappa shape index (κ1) is 18.1. The van der Waals surface area contributed by atoms with E-state index in [2.05, 4.69) is 17.3 Å². The molecule has 0 unspecified atom stereocenters. The third kappa shape index (κ3) is 4.92. The molecular formula is C19H28FN3O2. The molecule has 5 nitrogen and oxygen atoms in total. The van der Waals surface area contributed by atoms with Crippen molar-refractivity contribution >= 4 is 6.03 Å². The number of likely N-dealkylation sites (tertiary alicyclic amines) is 1. The van der Waals surface area contributed by atoms with Gasteiger partial charge in [-0.2, -0.15) is 0 Å². The Bertz CT molecular complexity index is 570. The molecule has 0 bridgehead atoms. The van der Waals surface area contributed by atoms with E-state index in [9.17, 15) is 9.18 Å². The summed E-state index contributed by atoms with van der Waals surface area (Å²) < 4.78 is 19.7. The Morgan fingerprint density at radius 3 is 2.76 bits per heavy atom. The Hall–Kier alpha value is -1.66.